The molecule has 2 aromatic carbocycles. The van der Waals surface area contributed by atoms with Gasteiger partial charge >= 0.3 is 0 Å². The first-order chi connectivity index (χ1) is 12.7. The van der Waals surface area contributed by atoms with Crippen molar-refractivity contribution in [3.8, 4) is 0 Å². The molecule has 0 bridgehead atoms. The minimum absolute atomic E-state index is 0.0787. The summed E-state index contributed by atoms with van der Waals surface area (Å²) in [5.74, 6) is -0.401. The highest BCUT2D eigenvalue weighted by Gasteiger charge is 2.41. The average Bonchev–Trinajstić information content (AvgIpc) is 3.09. The van der Waals surface area contributed by atoms with E-state index < -0.39 is 5.41 Å². The number of H-pyrrole nitrogens is 1. The van der Waals surface area contributed by atoms with E-state index in [1.54, 1.807) is 6.07 Å². The summed E-state index contributed by atoms with van der Waals surface area (Å²) < 4.78 is 19.2. The standard InChI is InChI=1S/C21H21FN2O2/c22-17-6-3-5-16(13-17)21(8-10-26-11-9-21)20(25)23-14-18-12-15-4-1-2-7-19(15)24-18/h1-7,12-13,24H,8-11,14H2,(H,23,25). The number of aromatic nitrogens is 1. The Kier molecular flexibility index (Phi) is 4.47. The van der Waals surface area contributed by atoms with Gasteiger partial charge in [-0.2, -0.15) is 0 Å². The van der Waals surface area contributed by atoms with E-state index in [0.29, 0.717) is 32.6 Å². The van der Waals surface area contributed by atoms with E-state index in [4.69, 9.17) is 4.74 Å². The second-order valence-corrected chi connectivity index (χ2v) is 6.77. The van der Waals surface area contributed by atoms with Crippen molar-refractivity contribution >= 4 is 16.8 Å². The molecule has 0 spiro atoms. The largest absolute Gasteiger partial charge is 0.381 e. The van der Waals surface area contributed by atoms with E-state index >= 15 is 0 Å². The predicted molar refractivity (Wildman–Crippen MR) is 98.3 cm³/mol. The molecule has 2 heterocycles. The molecule has 26 heavy (non-hydrogen) atoms. The summed E-state index contributed by atoms with van der Waals surface area (Å²) in [4.78, 5) is 16.4. The van der Waals surface area contributed by atoms with Crippen LogP contribution in [0.1, 0.15) is 24.1 Å². The first kappa shape index (κ1) is 16.8. The Labute approximate surface area is 151 Å². The van der Waals surface area contributed by atoms with Crippen LogP contribution in [0.2, 0.25) is 0 Å². The molecule has 3 aromatic rings. The molecule has 2 N–H and O–H groups in total. The van der Waals surface area contributed by atoms with Crippen LogP contribution in [0.3, 0.4) is 0 Å². The summed E-state index contributed by atoms with van der Waals surface area (Å²) in [6, 6.07) is 16.4. The van der Waals surface area contributed by atoms with Crippen LogP contribution in [0.15, 0.2) is 54.6 Å². The van der Waals surface area contributed by atoms with Gasteiger partial charge in [0.1, 0.15) is 5.82 Å². The first-order valence-electron chi connectivity index (χ1n) is 8.86. The number of benzene rings is 2. The summed E-state index contributed by atoms with van der Waals surface area (Å²) >= 11 is 0. The van der Waals surface area contributed by atoms with E-state index in [1.807, 2.05) is 36.4 Å². The van der Waals surface area contributed by atoms with E-state index in [1.165, 1.54) is 12.1 Å². The molecule has 5 heteroatoms. The van der Waals surface area contributed by atoms with Crippen molar-refractivity contribution in [2.24, 2.45) is 0 Å². The molecule has 0 aliphatic carbocycles. The molecule has 1 aliphatic rings. The smallest absolute Gasteiger partial charge is 0.231 e. The number of rotatable bonds is 4. The van der Waals surface area contributed by atoms with Gasteiger partial charge in [-0.3, -0.25) is 4.79 Å². The quantitative estimate of drug-likeness (QED) is 0.753. The van der Waals surface area contributed by atoms with Crippen LogP contribution >= 0.6 is 0 Å². The first-order valence-corrected chi connectivity index (χ1v) is 8.86. The summed E-state index contributed by atoms with van der Waals surface area (Å²) in [6.45, 7) is 1.40. The van der Waals surface area contributed by atoms with E-state index in [0.717, 1.165) is 22.2 Å². The third kappa shape index (κ3) is 3.10. The summed E-state index contributed by atoms with van der Waals surface area (Å²) in [6.07, 6.45) is 1.10. The van der Waals surface area contributed by atoms with Gasteiger partial charge in [0.05, 0.1) is 12.0 Å². The number of nitrogens with one attached hydrogen (secondary N) is 2. The van der Waals surface area contributed by atoms with Crippen LogP contribution in [-0.4, -0.2) is 24.1 Å². The topological polar surface area (TPSA) is 54.1 Å². The Balaban J connectivity index is 1.56. The Morgan fingerprint density at radius 2 is 1.92 bits per heavy atom. The lowest BCUT2D eigenvalue weighted by atomic mass is 9.73. The van der Waals surface area contributed by atoms with Crippen molar-refractivity contribution in [2.75, 3.05) is 13.2 Å². The van der Waals surface area contributed by atoms with Crippen LogP contribution in [0, 0.1) is 5.82 Å². The lowest BCUT2D eigenvalue weighted by Crippen LogP contribution is -2.47. The van der Waals surface area contributed by atoms with Gasteiger partial charge in [0.25, 0.3) is 0 Å². The van der Waals surface area contributed by atoms with Gasteiger partial charge in [-0.05, 0) is 48.1 Å². The Morgan fingerprint density at radius 1 is 1.12 bits per heavy atom. The molecule has 1 amide bonds. The number of hydrogen-bond acceptors (Lipinski definition) is 2. The number of amides is 1. The van der Waals surface area contributed by atoms with Gasteiger partial charge in [-0.15, -0.1) is 0 Å². The maximum Gasteiger partial charge on any atom is 0.231 e. The van der Waals surface area contributed by atoms with Crippen LogP contribution in [0.25, 0.3) is 10.9 Å². The minimum atomic E-state index is -0.744. The second kappa shape index (κ2) is 6.92. The van der Waals surface area contributed by atoms with Crippen molar-refractivity contribution < 1.29 is 13.9 Å². The fourth-order valence-corrected chi connectivity index (χ4v) is 3.73. The zero-order valence-corrected chi connectivity index (χ0v) is 14.4. The number of ether oxygens (including phenoxy) is 1. The third-order valence-corrected chi connectivity index (χ3v) is 5.18. The van der Waals surface area contributed by atoms with Crippen LogP contribution < -0.4 is 5.32 Å². The number of para-hydroxylation sites is 1. The zero-order chi connectivity index (χ0) is 18.0. The zero-order valence-electron chi connectivity index (χ0n) is 14.4. The van der Waals surface area contributed by atoms with Crippen LogP contribution in [0.4, 0.5) is 4.39 Å². The van der Waals surface area contributed by atoms with E-state index in [9.17, 15) is 9.18 Å². The summed E-state index contributed by atoms with van der Waals surface area (Å²) in [5, 5.41) is 4.15. The molecule has 134 valence electrons. The van der Waals surface area contributed by atoms with Gasteiger partial charge < -0.3 is 15.0 Å². The fraction of sp³-hybridized carbons (Fsp3) is 0.286. The van der Waals surface area contributed by atoms with Gasteiger partial charge in [-0.1, -0.05) is 30.3 Å². The van der Waals surface area contributed by atoms with Gasteiger partial charge in [0, 0.05) is 24.4 Å². The molecule has 1 aliphatic heterocycles. The molecule has 0 radical (unpaired) electrons. The number of fused-ring (bicyclic) bond motifs is 1. The molecule has 0 unspecified atom stereocenters. The Bertz CT molecular complexity index is 895. The van der Waals surface area contributed by atoms with Crippen molar-refractivity contribution in [3.05, 3.63) is 71.7 Å². The monoisotopic (exact) mass is 352 g/mol. The Hall–Kier alpha value is -2.66. The molecule has 4 nitrogen and oxygen atoms in total. The average molecular weight is 352 g/mol. The molecule has 1 saturated heterocycles. The van der Waals surface area contributed by atoms with Crippen molar-refractivity contribution in [1.82, 2.24) is 10.3 Å². The van der Waals surface area contributed by atoms with Gasteiger partial charge in [0.15, 0.2) is 0 Å². The van der Waals surface area contributed by atoms with Gasteiger partial charge in [-0.25, -0.2) is 4.39 Å². The third-order valence-electron chi connectivity index (χ3n) is 5.18. The van der Waals surface area contributed by atoms with Crippen molar-refractivity contribution in [3.63, 3.8) is 0 Å². The SMILES string of the molecule is O=C(NCc1cc2ccccc2[nH]1)C1(c2cccc(F)c2)CCOCC1. The number of halogens is 1. The highest BCUT2D eigenvalue weighted by Crippen LogP contribution is 2.35. The van der Waals surface area contributed by atoms with Crippen molar-refractivity contribution in [2.45, 2.75) is 24.8 Å². The fourth-order valence-electron chi connectivity index (χ4n) is 3.73. The van der Waals surface area contributed by atoms with Crippen molar-refractivity contribution in [1.29, 1.82) is 0 Å². The summed E-state index contributed by atoms with van der Waals surface area (Å²) in [7, 11) is 0. The number of aromatic amines is 1. The molecule has 0 atom stereocenters. The summed E-state index contributed by atoms with van der Waals surface area (Å²) in [5.41, 5.74) is 1.96. The highest BCUT2D eigenvalue weighted by molar-refractivity contribution is 5.88. The van der Waals surface area contributed by atoms with Crippen LogP contribution in [-0.2, 0) is 21.5 Å². The Morgan fingerprint density at radius 3 is 2.69 bits per heavy atom. The normalized spacial score (nSPS) is 16.5. The molecule has 4 rings (SSSR count). The highest BCUT2D eigenvalue weighted by atomic mass is 19.1. The van der Waals surface area contributed by atoms with Gasteiger partial charge in [0.2, 0.25) is 5.91 Å². The molecular weight excluding hydrogens is 331 g/mol. The molecule has 1 aromatic heterocycles. The lowest BCUT2D eigenvalue weighted by Gasteiger charge is -2.36. The minimum Gasteiger partial charge on any atom is -0.381 e. The molecule has 0 saturated carbocycles. The molecular formula is C21H21FN2O2. The number of hydrogen-bond donors (Lipinski definition) is 2. The van der Waals surface area contributed by atoms with Crippen LogP contribution in [0.5, 0.6) is 0 Å². The number of carbonyl (C=O) groups is 1. The lowest BCUT2D eigenvalue weighted by molar-refractivity contribution is -0.130. The maximum atomic E-state index is 13.8. The predicted octanol–water partition coefficient (Wildman–Crippen LogP) is 3.67. The maximum absolute atomic E-state index is 13.8. The second-order valence-electron chi connectivity index (χ2n) is 6.77. The number of carbonyl (C=O) groups excluding carboxylic acids is 1. The van der Waals surface area contributed by atoms with E-state index in [-0.39, 0.29) is 11.7 Å². The van der Waals surface area contributed by atoms with E-state index in [2.05, 4.69) is 10.3 Å². The molecule has 1 fully saturated rings.